The Kier molecular flexibility index (Phi) is 3.51. The molecular weight excluding hydrogens is 274 g/mol. The largest absolute Gasteiger partial charge is 0.360 e. The Bertz CT molecular complexity index is 638. The molecule has 0 unspecified atom stereocenters. The van der Waals surface area contributed by atoms with Crippen molar-refractivity contribution in [1.29, 1.82) is 0 Å². The van der Waals surface area contributed by atoms with Crippen LogP contribution in [-0.2, 0) is 16.6 Å². The summed E-state index contributed by atoms with van der Waals surface area (Å²) in [6, 6.07) is 0. The normalized spacial score (nSPS) is 11.9. The molecule has 0 aliphatic carbocycles. The molecule has 0 aromatic carbocycles. The van der Waals surface area contributed by atoms with Crippen LogP contribution in [0.3, 0.4) is 0 Å². The van der Waals surface area contributed by atoms with Gasteiger partial charge < -0.3 is 4.52 Å². The average Bonchev–Trinajstić information content (AvgIpc) is 2.83. The van der Waals surface area contributed by atoms with Gasteiger partial charge in [-0.15, -0.1) is 11.3 Å². The highest BCUT2D eigenvalue weighted by atomic mass is 32.2. The van der Waals surface area contributed by atoms with Gasteiger partial charge in [0.15, 0.2) is 5.76 Å². The van der Waals surface area contributed by atoms with Gasteiger partial charge in [0.2, 0.25) is 10.0 Å². The fourth-order valence-electron chi connectivity index (χ4n) is 1.57. The van der Waals surface area contributed by atoms with Gasteiger partial charge in [0.1, 0.15) is 15.6 Å². The number of aryl methyl sites for hydroxylation is 3. The number of nitrogens with zero attached hydrogens (tertiary/aromatic N) is 2. The van der Waals surface area contributed by atoms with Crippen LogP contribution >= 0.6 is 11.3 Å². The smallest absolute Gasteiger partial charge is 0.246 e. The van der Waals surface area contributed by atoms with Crippen molar-refractivity contribution in [1.82, 2.24) is 14.9 Å². The predicted octanol–water partition coefficient (Wildman–Crippen LogP) is 1.53. The van der Waals surface area contributed by atoms with Gasteiger partial charge in [0.25, 0.3) is 0 Å². The standard InChI is InChI=1S/C10H13N3O3S2/c1-6-5-17-9(12-6)4-11-18(14,15)10-7(2)13-16-8(10)3/h5,11H,4H2,1-3H3. The van der Waals surface area contributed by atoms with E-state index in [-0.39, 0.29) is 17.2 Å². The highest BCUT2D eigenvalue weighted by Crippen LogP contribution is 2.19. The molecule has 0 bridgehead atoms. The first-order chi connectivity index (χ1) is 8.40. The predicted molar refractivity (Wildman–Crippen MR) is 66.9 cm³/mol. The first-order valence-corrected chi connectivity index (χ1v) is 7.60. The van der Waals surface area contributed by atoms with Crippen LogP contribution < -0.4 is 4.72 Å². The molecule has 2 aromatic heterocycles. The van der Waals surface area contributed by atoms with Crippen LogP contribution in [0, 0.1) is 20.8 Å². The number of thiazole rings is 1. The molecule has 0 atom stereocenters. The van der Waals surface area contributed by atoms with E-state index in [0.29, 0.717) is 5.69 Å². The number of aromatic nitrogens is 2. The zero-order chi connectivity index (χ0) is 13.3. The van der Waals surface area contributed by atoms with Crippen molar-refractivity contribution in [3.05, 3.63) is 27.5 Å². The summed E-state index contributed by atoms with van der Waals surface area (Å²) in [5.74, 6) is 0.287. The van der Waals surface area contributed by atoms with Gasteiger partial charge in [-0.1, -0.05) is 5.16 Å². The lowest BCUT2D eigenvalue weighted by atomic mass is 10.4. The number of rotatable bonds is 4. The fraction of sp³-hybridized carbons (Fsp3) is 0.400. The van der Waals surface area contributed by atoms with Gasteiger partial charge in [-0.25, -0.2) is 18.1 Å². The van der Waals surface area contributed by atoms with E-state index >= 15 is 0 Å². The average molecular weight is 287 g/mol. The van der Waals surface area contributed by atoms with Crippen molar-refractivity contribution < 1.29 is 12.9 Å². The summed E-state index contributed by atoms with van der Waals surface area (Å²) in [6.07, 6.45) is 0. The Balaban J connectivity index is 2.18. The van der Waals surface area contributed by atoms with Crippen molar-refractivity contribution >= 4 is 21.4 Å². The minimum atomic E-state index is -3.61. The molecule has 6 nitrogen and oxygen atoms in total. The van der Waals surface area contributed by atoms with Crippen molar-refractivity contribution in [3.63, 3.8) is 0 Å². The zero-order valence-corrected chi connectivity index (χ0v) is 11.9. The molecule has 0 saturated heterocycles. The van der Waals surface area contributed by atoms with E-state index in [1.54, 1.807) is 13.8 Å². The second kappa shape index (κ2) is 4.79. The van der Waals surface area contributed by atoms with E-state index in [2.05, 4.69) is 14.9 Å². The first-order valence-electron chi connectivity index (χ1n) is 5.23. The van der Waals surface area contributed by atoms with Crippen LogP contribution in [0.25, 0.3) is 0 Å². The van der Waals surface area contributed by atoms with Gasteiger partial charge in [0.05, 0.1) is 6.54 Å². The lowest BCUT2D eigenvalue weighted by molar-refractivity contribution is 0.390. The van der Waals surface area contributed by atoms with E-state index in [9.17, 15) is 8.42 Å². The molecule has 2 rings (SSSR count). The van der Waals surface area contributed by atoms with Crippen LogP contribution in [0.15, 0.2) is 14.8 Å². The van der Waals surface area contributed by atoms with Crippen LogP contribution in [0.1, 0.15) is 22.2 Å². The zero-order valence-electron chi connectivity index (χ0n) is 10.2. The Labute approximate surface area is 109 Å². The monoisotopic (exact) mass is 287 g/mol. The summed E-state index contributed by atoms with van der Waals surface area (Å²) in [7, 11) is -3.61. The fourth-order valence-corrected chi connectivity index (χ4v) is 3.69. The molecule has 0 aliphatic heterocycles. The SMILES string of the molecule is Cc1csc(CNS(=O)(=O)c2c(C)noc2C)n1. The van der Waals surface area contributed by atoms with Gasteiger partial charge in [-0.05, 0) is 20.8 Å². The van der Waals surface area contributed by atoms with Crippen LogP contribution in [-0.4, -0.2) is 18.6 Å². The summed E-state index contributed by atoms with van der Waals surface area (Å²) in [5, 5.41) is 6.23. The summed E-state index contributed by atoms with van der Waals surface area (Å²) in [6.45, 7) is 5.20. The molecule has 0 saturated carbocycles. The summed E-state index contributed by atoms with van der Waals surface area (Å²) in [5.41, 5.74) is 1.24. The molecule has 8 heteroatoms. The maximum absolute atomic E-state index is 12.1. The van der Waals surface area contributed by atoms with E-state index in [1.807, 2.05) is 12.3 Å². The van der Waals surface area contributed by atoms with Gasteiger partial charge >= 0.3 is 0 Å². The van der Waals surface area contributed by atoms with E-state index in [1.165, 1.54) is 11.3 Å². The topological polar surface area (TPSA) is 85.1 Å². The third-order valence-corrected chi connectivity index (χ3v) is 4.93. The quantitative estimate of drug-likeness (QED) is 0.921. The molecule has 0 spiro atoms. The maximum Gasteiger partial charge on any atom is 0.246 e. The summed E-state index contributed by atoms with van der Waals surface area (Å²) in [4.78, 5) is 4.30. The number of hydrogen-bond donors (Lipinski definition) is 1. The van der Waals surface area contributed by atoms with Crippen LogP contribution in [0.4, 0.5) is 0 Å². The third kappa shape index (κ3) is 2.60. The lowest BCUT2D eigenvalue weighted by Crippen LogP contribution is -2.24. The maximum atomic E-state index is 12.1. The second-order valence-corrected chi connectivity index (χ2v) is 6.51. The summed E-state index contributed by atoms with van der Waals surface area (Å²) < 4.78 is 31.5. The van der Waals surface area contributed by atoms with Crippen molar-refractivity contribution in [2.75, 3.05) is 0 Å². The first kappa shape index (κ1) is 13.2. The Morgan fingerprint density at radius 3 is 2.61 bits per heavy atom. The van der Waals surface area contributed by atoms with Crippen molar-refractivity contribution in [3.8, 4) is 0 Å². The summed E-state index contributed by atoms with van der Waals surface area (Å²) >= 11 is 1.42. The minimum absolute atomic E-state index is 0.107. The molecule has 0 radical (unpaired) electrons. The number of hydrogen-bond acceptors (Lipinski definition) is 6. The molecule has 1 N–H and O–H groups in total. The molecule has 98 valence electrons. The molecule has 2 aromatic rings. The molecule has 0 aliphatic rings. The number of sulfonamides is 1. The van der Waals surface area contributed by atoms with Crippen molar-refractivity contribution in [2.45, 2.75) is 32.2 Å². The van der Waals surface area contributed by atoms with Gasteiger partial charge in [-0.3, -0.25) is 0 Å². The molecule has 18 heavy (non-hydrogen) atoms. The van der Waals surface area contributed by atoms with Gasteiger partial charge in [-0.2, -0.15) is 0 Å². The second-order valence-electron chi connectivity index (χ2n) is 3.86. The van der Waals surface area contributed by atoms with Crippen molar-refractivity contribution in [2.24, 2.45) is 0 Å². The molecular formula is C10H13N3O3S2. The lowest BCUT2D eigenvalue weighted by Gasteiger charge is -2.03. The Morgan fingerprint density at radius 1 is 1.39 bits per heavy atom. The van der Waals surface area contributed by atoms with Gasteiger partial charge in [0, 0.05) is 11.1 Å². The van der Waals surface area contributed by atoms with E-state index in [4.69, 9.17) is 4.52 Å². The van der Waals surface area contributed by atoms with Crippen LogP contribution in [0.2, 0.25) is 0 Å². The number of nitrogens with one attached hydrogen (secondary N) is 1. The highest BCUT2D eigenvalue weighted by Gasteiger charge is 2.23. The molecule has 0 amide bonds. The highest BCUT2D eigenvalue weighted by molar-refractivity contribution is 7.89. The van der Waals surface area contributed by atoms with E-state index < -0.39 is 10.0 Å². The Morgan fingerprint density at radius 2 is 2.11 bits per heavy atom. The van der Waals surface area contributed by atoms with Crippen LogP contribution in [0.5, 0.6) is 0 Å². The molecule has 2 heterocycles. The third-order valence-electron chi connectivity index (χ3n) is 2.32. The molecule has 0 fully saturated rings. The van der Waals surface area contributed by atoms with E-state index in [0.717, 1.165) is 10.7 Å². The minimum Gasteiger partial charge on any atom is -0.360 e. The Hall–Kier alpha value is -1.25.